The molecule has 0 radical (unpaired) electrons. The van der Waals surface area contributed by atoms with Crippen LogP contribution in [0.3, 0.4) is 0 Å². The molecule has 0 saturated carbocycles. The number of hydrogen-bond donors (Lipinski definition) is 2. The number of amides is 1. The number of thiazole rings is 1. The summed E-state index contributed by atoms with van der Waals surface area (Å²) in [5.74, 6) is 1.000. The van der Waals surface area contributed by atoms with Crippen LogP contribution in [-0.4, -0.2) is 26.1 Å². The van der Waals surface area contributed by atoms with Crippen LogP contribution in [0.15, 0.2) is 65.4 Å². The second-order valence-corrected chi connectivity index (χ2v) is 10.4. The third kappa shape index (κ3) is 3.09. The van der Waals surface area contributed by atoms with Gasteiger partial charge in [0, 0.05) is 23.0 Å². The summed E-state index contributed by atoms with van der Waals surface area (Å²) in [4.78, 5) is 22.4. The number of H-pyrrole nitrogens is 1. The Kier molecular flexibility index (Phi) is 4.66. The number of aromatic nitrogens is 4. The molecule has 0 spiro atoms. The summed E-state index contributed by atoms with van der Waals surface area (Å²) in [5.41, 5.74) is 5.67. The molecule has 2 bridgehead atoms. The van der Waals surface area contributed by atoms with E-state index in [2.05, 4.69) is 80.9 Å². The van der Waals surface area contributed by atoms with Crippen molar-refractivity contribution in [2.45, 2.75) is 36.1 Å². The summed E-state index contributed by atoms with van der Waals surface area (Å²) in [7, 11) is 0. The summed E-state index contributed by atoms with van der Waals surface area (Å²) < 4.78 is 0. The molecule has 3 aliphatic carbocycles. The highest BCUT2D eigenvalue weighted by atomic mass is 32.2. The van der Waals surface area contributed by atoms with E-state index < -0.39 is 5.41 Å². The van der Waals surface area contributed by atoms with E-state index in [9.17, 15) is 4.79 Å². The highest BCUT2D eigenvalue weighted by molar-refractivity contribution is 7.98. The average Bonchev–Trinajstić information content (AvgIpc) is 3.50. The van der Waals surface area contributed by atoms with Crippen molar-refractivity contribution < 1.29 is 4.79 Å². The molecular weight excluding hydrogens is 438 g/mol. The Bertz CT molecular complexity index is 1250. The standard InChI is InChI=1S/C24H21N5OS2/c1-24(21(30)28-23-27-14(12-32-23)11-31-22-25-13-26-29-22)10-19-15-6-2-4-8-17(15)20(24)18-9-5-3-7-16(18)19/h2-9,12-13,19-20H,10-11H2,1H3,(H,25,26,29)(H,27,28,30)/t19?,20?,24-/m1/s1. The first-order valence-electron chi connectivity index (χ1n) is 10.5. The van der Waals surface area contributed by atoms with Crippen molar-refractivity contribution in [3.63, 3.8) is 0 Å². The highest BCUT2D eigenvalue weighted by Crippen LogP contribution is 2.61. The molecule has 2 heterocycles. The molecule has 2 N–H and O–H groups in total. The van der Waals surface area contributed by atoms with Gasteiger partial charge in [0.1, 0.15) is 6.33 Å². The number of rotatable bonds is 5. The van der Waals surface area contributed by atoms with Gasteiger partial charge in [0.05, 0.1) is 11.1 Å². The van der Waals surface area contributed by atoms with Crippen molar-refractivity contribution in [2.75, 3.05) is 5.32 Å². The number of benzene rings is 2. The predicted octanol–water partition coefficient (Wildman–Crippen LogP) is 5.18. The quantitative estimate of drug-likeness (QED) is 0.402. The minimum absolute atomic E-state index is 0.0419. The lowest BCUT2D eigenvalue weighted by molar-refractivity contribution is -0.126. The summed E-state index contributed by atoms with van der Waals surface area (Å²) in [6.07, 6.45) is 2.29. The van der Waals surface area contributed by atoms with E-state index in [0.717, 1.165) is 17.3 Å². The Hall–Kier alpha value is -2.97. The Morgan fingerprint density at radius 3 is 2.50 bits per heavy atom. The molecule has 0 saturated heterocycles. The number of nitrogens with one attached hydrogen (secondary N) is 2. The maximum absolute atomic E-state index is 13.7. The van der Waals surface area contributed by atoms with Crippen LogP contribution in [0.4, 0.5) is 5.13 Å². The molecule has 7 rings (SSSR count). The number of thioether (sulfide) groups is 1. The highest BCUT2D eigenvalue weighted by Gasteiger charge is 2.53. The fraction of sp³-hybridized carbons (Fsp3) is 0.250. The van der Waals surface area contributed by atoms with Crippen molar-refractivity contribution in [2.24, 2.45) is 5.41 Å². The maximum atomic E-state index is 13.7. The Labute approximate surface area is 193 Å². The number of anilines is 1. The third-order valence-electron chi connectivity index (χ3n) is 6.67. The topological polar surface area (TPSA) is 83.6 Å². The van der Waals surface area contributed by atoms with Crippen molar-refractivity contribution in [3.05, 3.63) is 88.2 Å². The summed E-state index contributed by atoms with van der Waals surface area (Å²) in [5, 5.41) is 13.2. The van der Waals surface area contributed by atoms with E-state index in [4.69, 9.17) is 0 Å². The van der Waals surface area contributed by atoms with E-state index >= 15 is 0 Å². The molecule has 2 aromatic heterocycles. The number of fused-ring (bicyclic) bond motifs is 1. The number of nitrogens with zero attached hydrogens (tertiary/aromatic N) is 3. The molecule has 0 aliphatic heterocycles. The van der Waals surface area contributed by atoms with Crippen LogP contribution in [0, 0.1) is 5.41 Å². The zero-order valence-electron chi connectivity index (χ0n) is 17.4. The van der Waals surface area contributed by atoms with Gasteiger partial charge in [0.15, 0.2) is 10.3 Å². The largest absolute Gasteiger partial charge is 0.301 e. The normalized spacial score (nSPS) is 22.9. The van der Waals surface area contributed by atoms with E-state index in [-0.39, 0.29) is 17.7 Å². The van der Waals surface area contributed by atoms with Gasteiger partial charge in [-0.25, -0.2) is 9.97 Å². The number of hydrogen-bond acceptors (Lipinski definition) is 6. The van der Waals surface area contributed by atoms with Crippen molar-refractivity contribution >= 4 is 34.1 Å². The Morgan fingerprint density at radius 2 is 1.84 bits per heavy atom. The maximum Gasteiger partial charge on any atom is 0.233 e. The summed E-state index contributed by atoms with van der Waals surface area (Å²) in [6, 6.07) is 17.2. The van der Waals surface area contributed by atoms with Gasteiger partial charge in [-0.1, -0.05) is 60.3 Å². The van der Waals surface area contributed by atoms with E-state index in [0.29, 0.717) is 10.9 Å². The van der Waals surface area contributed by atoms with Gasteiger partial charge in [-0.2, -0.15) is 5.10 Å². The lowest BCUT2D eigenvalue weighted by Gasteiger charge is -2.50. The van der Waals surface area contributed by atoms with Gasteiger partial charge >= 0.3 is 0 Å². The van der Waals surface area contributed by atoms with Gasteiger partial charge in [-0.05, 0) is 35.6 Å². The van der Waals surface area contributed by atoms with Crippen LogP contribution in [0.1, 0.15) is 53.1 Å². The Morgan fingerprint density at radius 1 is 1.16 bits per heavy atom. The van der Waals surface area contributed by atoms with Crippen molar-refractivity contribution in [1.29, 1.82) is 0 Å². The molecule has 1 atom stereocenters. The monoisotopic (exact) mass is 459 g/mol. The zero-order chi connectivity index (χ0) is 21.7. The molecular formula is C24H21N5OS2. The summed E-state index contributed by atoms with van der Waals surface area (Å²) >= 11 is 3.00. The second-order valence-electron chi connectivity index (χ2n) is 8.54. The SMILES string of the molecule is C[C@@]1(C(=O)Nc2nc(CSc3ncn[nH]3)cs2)CC2c3ccccc3C1c1ccccc12. The van der Waals surface area contributed by atoms with Crippen LogP contribution in [0.2, 0.25) is 0 Å². The minimum Gasteiger partial charge on any atom is -0.301 e. The molecule has 1 amide bonds. The number of carbonyl (C=O) groups is 1. The van der Waals surface area contributed by atoms with Crippen LogP contribution in [0.5, 0.6) is 0 Å². The summed E-state index contributed by atoms with van der Waals surface area (Å²) in [6.45, 7) is 2.11. The van der Waals surface area contributed by atoms with Crippen LogP contribution in [-0.2, 0) is 10.5 Å². The average molecular weight is 460 g/mol. The minimum atomic E-state index is -0.534. The van der Waals surface area contributed by atoms with Gasteiger partial charge < -0.3 is 5.32 Å². The fourth-order valence-electron chi connectivity index (χ4n) is 5.27. The molecule has 0 fully saturated rings. The van der Waals surface area contributed by atoms with E-state index in [1.54, 1.807) is 0 Å². The molecule has 2 aromatic carbocycles. The van der Waals surface area contributed by atoms with Gasteiger partial charge in [-0.3, -0.25) is 9.89 Å². The first kappa shape index (κ1) is 19.7. The van der Waals surface area contributed by atoms with Gasteiger partial charge in [0.25, 0.3) is 0 Å². The van der Waals surface area contributed by atoms with E-state index in [1.165, 1.54) is 51.7 Å². The van der Waals surface area contributed by atoms with Crippen LogP contribution in [0.25, 0.3) is 0 Å². The first-order chi connectivity index (χ1) is 15.6. The second kappa shape index (κ2) is 7.56. The smallest absolute Gasteiger partial charge is 0.233 e. The molecule has 160 valence electrons. The number of aromatic amines is 1. The molecule has 32 heavy (non-hydrogen) atoms. The third-order valence-corrected chi connectivity index (χ3v) is 8.39. The number of carbonyl (C=O) groups excluding carboxylic acids is 1. The fourth-order valence-corrected chi connectivity index (χ4v) is 6.75. The molecule has 8 heteroatoms. The van der Waals surface area contributed by atoms with Crippen molar-refractivity contribution in [1.82, 2.24) is 20.2 Å². The predicted molar refractivity (Wildman–Crippen MR) is 126 cm³/mol. The van der Waals surface area contributed by atoms with Crippen molar-refractivity contribution in [3.8, 4) is 0 Å². The van der Waals surface area contributed by atoms with Crippen LogP contribution >= 0.6 is 23.1 Å². The van der Waals surface area contributed by atoms with E-state index in [1.807, 2.05) is 5.38 Å². The molecule has 0 unspecified atom stereocenters. The van der Waals surface area contributed by atoms with Gasteiger partial charge in [0.2, 0.25) is 5.91 Å². The van der Waals surface area contributed by atoms with Gasteiger partial charge in [-0.15, -0.1) is 11.3 Å². The first-order valence-corrected chi connectivity index (χ1v) is 12.4. The lowest BCUT2D eigenvalue weighted by atomic mass is 9.52. The van der Waals surface area contributed by atoms with Crippen LogP contribution < -0.4 is 5.32 Å². The lowest BCUT2D eigenvalue weighted by Crippen LogP contribution is -2.47. The molecule has 4 aromatic rings. The Balaban J connectivity index is 1.27. The zero-order valence-corrected chi connectivity index (χ0v) is 19.0. The molecule has 6 nitrogen and oxygen atoms in total. The molecule has 3 aliphatic rings.